The van der Waals surface area contributed by atoms with Gasteiger partial charge < -0.3 is 10.7 Å². The molecule has 2 rings (SSSR count). The highest BCUT2D eigenvalue weighted by Crippen LogP contribution is 2.17. The first-order chi connectivity index (χ1) is 6.18. The van der Waals surface area contributed by atoms with E-state index in [0.29, 0.717) is 11.1 Å². The van der Waals surface area contributed by atoms with Gasteiger partial charge in [-0.15, -0.1) is 0 Å². The number of hydrogen-bond donors (Lipinski definition) is 2. The molecule has 13 heavy (non-hydrogen) atoms. The molecule has 1 heterocycles. The van der Waals surface area contributed by atoms with Crippen molar-refractivity contribution in [3.05, 3.63) is 33.4 Å². The zero-order valence-electron chi connectivity index (χ0n) is 6.53. The van der Waals surface area contributed by atoms with Crippen molar-refractivity contribution in [2.45, 2.75) is 0 Å². The first kappa shape index (κ1) is 8.00. The van der Waals surface area contributed by atoms with Crippen LogP contribution in [0.2, 0.25) is 0 Å². The van der Waals surface area contributed by atoms with Crippen LogP contribution in [0, 0.1) is 0 Å². The highest BCUT2D eigenvalue weighted by atomic mass is 32.1. The maximum absolute atomic E-state index is 11.0. The van der Waals surface area contributed by atoms with Gasteiger partial charge in [0, 0.05) is 0 Å². The third-order valence-electron chi connectivity index (χ3n) is 1.72. The largest absolute Gasteiger partial charge is 0.366 e. The van der Waals surface area contributed by atoms with Gasteiger partial charge >= 0.3 is 4.87 Å². The van der Waals surface area contributed by atoms with Crippen LogP contribution < -0.4 is 10.6 Å². The molecular weight excluding hydrogens is 188 g/mol. The predicted octanol–water partition coefficient (Wildman–Crippen LogP) is 0.688. The number of nitrogens with one attached hydrogen (secondary N) is 1. The molecule has 0 aliphatic carbocycles. The minimum atomic E-state index is -0.528. The van der Waals surface area contributed by atoms with Crippen LogP contribution in [0.3, 0.4) is 0 Å². The molecule has 0 aliphatic rings. The van der Waals surface area contributed by atoms with Crippen LogP contribution in [0.1, 0.15) is 10.4 Å². The number of nitrogens with two attached hydrogens (primary N) is 1. The van der Waals surface area contributed by atoms with Crippen molar-refractivity contribution in [2.24, 2.45) is 5.73 Å². The van der Waals surface area contributed by atoms with Crippen molar-refractivity contribution in [2.75, 3.05) is 0 Å². The molecular formula is C8H6N2O2S. The molecule has 0 bridgehead atoms. The maximum Gasteiger partial charge on any atom is 0.305 e. The molecule has 1 aromatic heterocycles. The molecule has 4 nitrogen and oxygen atoms in total. The number of rotatable bonds is 1. The quantitative estimate of drug-likeness (QED) is 0.700. The average Bonchev–Trinajstić information content (AvgIpc) is 2.43. The second-order valence-corrected chi connectivity index (χ2v) is 3.57. The van der Waals surface area contributed by atoms with Gasteiger partial charge in [0.1, 0.15) is 0 Å². The summed E-state index contributed by atoms with van der Waals surface area (Å²) >= 11 is 1.06. The minimum absolute atomic E-state index is 0.177. The molecule has 66 valence electrons. The van der Waals surface area contributed by atoms with E-state index < -0.39 is 5.91 Å². The number of aromatic amines is 1. The van der Waals surface area contributed by atoms with Crippen molar-refractivity contribution < 1.29 is 4.79 Å². The van der Waals surface area contributed by atoms with Gasteiger partial charge in [-0.25, -0.2) is 0 Å². The van der Waals surface area contributed by atoms with Crippen molar-refractivity contribution >= 4 is 27.5 Å². The number of carbonyl (C=O) groups excluding carboxylic acids is 1. The lowest BCUT2D eigenvalue weighted by atomic mass is 10.2. The number of benzene rings is 1. The van der Waals surface area contributed by atoms with Crippen molar-refractivity contribution in [1.29, 1.82) is 0 Å². The summed E-state index contributed by atoms with van der Waals surface area (Å²) < 4.78 is 0.751. The standard InChI is InChI=1S/C8H6N2O2S/c9-7(11)4-2-1-3-5-6(4)10-8(12)13-5/h1-3H,(H2,9,11)(H,10,12). The Morgan fingerprint density at radius 2 is 2.23 bits per heavy atom. The lowest BCUT2D eigenvalue weighted by Gasteiger charge is -1.95. The number of hydrogen-bond acceptors (Lipinski definition) is 3. The lowest BCUT2D eigenvalue weighted by Crippen LogP contribution is -2.11. The molecule has 1 aromatic carbocycles. The predicted molar refractivity (Wildman–Crippen MR) is 51.0 cm³/mol. The van der Waals surface area contributed by atoms with E-state index in [2.05, 4.69) is 4.98 Å². The smallest absolute Gasteiger partial charge is 0.305 e. The topological polar surface area (TPSA) is 76.0 Å². The van der Waals surface area contributed by atoms with Gasteiger partial charge in [-0.3, -0.25) is 9.59 Å². The Kier molecular flexibility index (Phi) is 1.66. The number of aromatic nitrogens is 1. The number of H-pyrrole nitrogens is 1. The Morgan fingerprint density at radius 3 is 2.92 bits per heavy atom. The number of amides is 1. The fourth-order valence-electron chi connectivity index (χ4n) is 1.18. The van der Waals surface area contributed by atoms with Gasteiger partial charge in [-0.05, 0) is 12.1 Å². The summed E-state index contributed by atoms with van der Waals surface area (Å²) in [5.74, 6) is -0.528. The number of thiazole rings is 1. The summed E-state index contributed by atoms with van der Waals surface area (Å²) in [6, 6.07) is 5.06. The number of para-hydroxylation sites is 1. The average molecular weight is 194 g/mol. The van der Waals surface area contributed by atoms with Crippen LogP contribution >= 0.6 is 11.3 Å². The van der Waals surface area contributed by atoms with Crippen molar-refractivity contribution in [3.63, 3.8) is 0 Å². The zero-order valence-corrected chi connectivity index (χ0v) is 7.35. The van der Waals surface area contributed by atoms with E-state index in [-0.39, 0.29) is 4.87 Å². The Hall–Kier alpha value is -1.62. The van der Waals surface area contributed by atoms with Gasteiger partial charge in [0.25, 0.3) is 5.91 Å². The van der Waals surface area contributed by atoms with Gasteiger partial charge in [0.15, 0.2) is 0 Å². The fourth-order valence-corrected chi connectivity index (χ4v) is 1.94. The normalized spacial score (nSPS) is 10.5. The molecule has 1 amide bonds. The van der Waals surface area contributed by atoms with Crippen LogP contribution in [0.4, 0.5) is 0 Å². The van der Waals surface area contributed by atoms with Crippen molar-refractivity contribution in [3.8, 4) is 0 Å². The SMILES string of the molecule is NC(=O)c1cccc2sc(=O)[nH]c12. The Balaban J connectivity index is 2.90. The summed E-state index contributed by atoms with van der Waals surface area (Å²) in [5.41, 5.74) is 6.02. The van der Waals surface area contributed by atoms with Crippen LogP contribution in [-0.4, -0.2) is 10.9 Å². The summed E-state index contributed by atoms with van der Waals surface area (Å²) in [6.45, 7) is 0. The first-order valence-corrected chi connectivity index (χ1v) is 4.42. The first-order valence-electron chi connectivity index (χ1n) is 3.60. The zero-order chi connectivity index (χ0) is 9.42. The second-order valence-electron chi connectivity index (χ2n) is 2.56. The molecule has 2 aromatic rings. The van der Waals surface area contributed by atoms with E-state index in [1.54, 1.807) is 18.2 Å². The summed E-state index contributed by atoms with van der Waals surface area (Å²) in [4.78, 5) is 24.3. The van der Waals surface area contributed by atoms with Crippen LogP contribution in [-0.2, 0) is 0 Å². The van der Waals surface area contributed by atoms with E-state index in [1.165, 1.54) is 0 Å². The van der Waals surface area contributed by atoms with Crippen molar-refractivity contribution in [1.82, 2.24) is 4.98 Å². The molecule has 3 N–H and O–H groups in total. The van der Waals surface area contributed by atoms with Crippen LogP contribution in [0.5, 0.6) is 0 Å². The Labute approximate surface area is 77.0 Å². The molecule has 0 fully saturated rings. The second kappa shape index (κ2) is 2.70. The minimum Gasteiger partial charge on any atom is -0.366 e. The summed E-state index contributed by atoms with van der Waals surface area (Å²) in [7, 11) is 0. The van der Waals surface area contributed by atoms with Gasteiger partial charge in [-0.2, -0.15) is 0 Å². The van der Waals surface area contributed by atoms with E-state index in [4.69, 9.17) is 5.73 Å². The fraction of sp³-hybridized carbons (Fsp3) is 0. The highest BCUT2D eigenvalue weighted by Gasteiger charge is 2.08. The highest BCUT2D eigenvalue weighted by molar-refractivity contribution is 7.16. The van der Waals surface area contributed by atoms with Gasteiger partial charge in [0.2, 0.25) is 0 Å². The Morgan fingerprint density at radius 1 is 1.46 bits per heavy atom. The lowest BCUT2D eigenvalue weighted by molar-refractivity contribution is 0.100. The van der Waals surface area contributed by atoms with Crippen LogP contribution in [0.25, 0.3) is 10.2 Å². The molecule has 0 spiro atoms. The van der Waals surface area contributed by atoms with E-state index >= 15 is 0 Å². The van der Waals surface area contributed by atoms with E-state index in [1.807, 2.05) is 0 Å². The molecule has 0 saturated heterocycles. The van der Waals surface area contributed by atoms with E-state index in [0.717, 1.165) is 16.0 Å². The Bertz CT molecular complexity index is 526. The molecule has 0 aliphatic heterocycles. The van der Waals surface area contributed by atoms with E-state index in [9.17, 15) is 9.59 Å². The molecule has 0 unspecified atom stereocenters. The van der Waals surface area contributed by atoms with Crippen LogP contribution in [0.15, 0.2) is 23.0 Å². The monoisotopic (exact) mass is 194 g/mol. The number of primary amides is 1. The van der Waals surface area contributed by atoms with Gasteiger partial charge in [0.05, 0.1) is 15.8 Å². The molecule has 5 heteroatoms. The van der Waals surface area contributed by atoms with Gasteiger partial charge in [-0.1, -0.05) is 17.4 Å². The maximum atomic E-state index is 11.0. The third-order valence-corrected chi connectivity index (χ3v) is 2.57. The summed E-state index contributed by atoms with van der Waals surface area (Å²) in [6.07, 6.45) is 0. The number of carbonyl (C=O) groups is 1. The molecule has 0 atom stereocenters. The molecule has 0 saturated carbocycles. The summed E-state index contributed by atoms with van der Waals surface area (Å²) in [5, 5.41) is 0. The number of fused-ring (bicyclic) bond motifs is 1. The molecule has 0 radical (unpaired) electrons. The third kappa shape index (κ3) is 1.23.